The van der Waals surface area contributed by atoms with Crippen molar-refractivity contribution in [3.63, 3.8) is 0 Å². The number of methoxy groups -OCH3 is 1. The summed E-state index contributed by atoms with van der Waals surface area (Å²) in [5.74, 6) is 1.95. The lowest BCUT2D eigenvalue weighted by Crippen LogP contribution is -2.53. The predicted octanol–water partition coefficient (Wildman–Crippen LogP) is 2.54. The fourth-order valence-corrected chi connectivity index (χ4v) is 5.17. The highest BCUT2D eigenvalue weighted by Crippen LogP contribution is 2.37. The van der Waals surface area contributed by atoms with Crippen LogP contribution in [0.1, 0.15) is 29.6 Å². The maximum Gasteiger partial charge on any atom is 0.254 e. The first kappa shape index (κ1) is 22.1. The fourth-order valence-electron chi connectivity index (χ4n) is 5.17. The van der Waals surface area contributed by atoms with Crippen LogP contribution in [0, 0.1) is 5.92 Å². The molecule has 9 nitrogen and oxygen atoms in total. The zero-order valence-corrected chi connectivity index (χ0v) is 20.0. The summed E-state index contributed by atoms with van der Waals surface area (Å²) in [6.07, 6.45) is 4.21. The van der Waals surface area contributed by atoms with E-state index in [0.29, 0.717) is 42.3 Å². The van der Waals surface area contributed by atoms with Crippen LogP contribution in [0.2, 0.25) is 0 Å². The number of carbonyl (C=O) groups excluding carboxylic acids is 1. The number of piperidine rings is 1. The summed E-state index contributed by atoms with van der Waals surface area (Å²) >= 11 is 0. The number of benzene rings is 1. The summed E-state index contributed by atoms with van der Waals surface area (Å²) < 4.78 is 10.0. The Bertz CT molecular complexity index is 1440. The third kappa shape index (κ3) is 3.75. The molecule has 6 rings (SSSR count). The summed E-state index contributed by atoms with van der Waals surface area (Å²) in [4.78, 5) is 24.6. The Morgan fingerprint density at radius 2 is 2.09 bits per heavy atom. The number of nitrogens with two attached hydrogens (primary N) is 1. The Hall–Kier alpha value is -3.43. The number of nitrogens with zero attached hydrogens (tertiary/aromatic N) is 5. The topological polar surface area (TPSA) is 111 Å². The first-order valence-electron chi connectivity index (χ1n) is 12.2. The summed E-state index contributed by atoms with van der Waals surface area (Å²) in [6.45, 7) is 1.71. The molecule has 2 aliphatic rings. The average molecular weight is 475 g/mol. The van der Waals surface area contributed by atoms with Gasteiger partial charge in [-0.3, -0.25) is 4.79 Å². The molecule has 4 heterocycles. The van der Waals surface area contributed by atoms with Crippen molar-refractivity contribution in [1.29, 1.82) is 0 Å². The van der Waals surface area contributed by atoms with Crippen LogP contribution in [0.15, 0.2) is 36.5 Å². The van der Waals surface area contributed by atoms with Crippen molar-refractivity contribution in [2.24, 2.45) is 18.7 Å². The Kier molecular flexibility index (Phi) is 5.26. The van der Waals surface area contributed by atoms with Crippen molar-refractivity contribution in [3.8, 4) is 17.3 Å². The average Bonchev–Trinajstić information content (AvgIpc) is 3.53. The van der Waals surface area contributed by atoms with Crippen molar-refractivity contribution < 1.29 is 14.6 Å². The van der Waals surface area contributed by atoms with E-state index in [1.165, 1.54) is 12.8 Å². The molecule has 0 bridgehead atoms. The molecule has 1 saturated heterocycles. The van der Waals surface area contributed by atoms with Crippen LogP contribution in [-0.2, 0) is 13.6 Å². The van der Waals surface area contributed by atoms with E-state index >= 15 is 0 Å². The first-order chi connectivity index (χ1) is 16.9. The molecule has 0 spiro atoms. The van der Waals surface area contributed by atoms with Crippen LogP contribution in [0.25, 0.3) is 33.6 Å². The standard InChI is InChI=1S/C26H30N6O3/c1-30-23-19(10-17(12-22(23)35-2)26(34)31-9-7-21(33)18(27)14-31)29-25(30)20-11-16-4-3-8-28-24(16)32(20)13-15-5-6-15/h3-4,8,10-12,15,18,21,33H,5-7,9,13-14,27H2,1-2H3. The number of aliphatic hydroxyl groups is 1. The number of aromatic nitrogens is 4. The highest BCUT2D eigenvalue weighted by atomic mass is 16.5. The van der Waals surface area contributed by atoms with Gasteiger partial charge >= 0.3 is 0 Å². The first-order valence-corrected chi connectivity index (χ1v) is 12.2. The zero-order valence-electron chi connectivity index (χ0n) is 20.0. The monoisotopic (exact) mass is 474 g/mol. The van der Waals surface area contributed by atoms with Gasteiger partial charge in [-0.2, -0.15) is 0 Å². The summed E-state index contributed by atoms with van der Waals surface area (Å²) in [7, 11) is 3.59. The van der Waals surface area contributed by atoms with Crippen molar-refractivity contribution in [2.75, 3.05) is 20.2 Å². The second kappa shape index (κ2) is 8.35. The predicted molar refractivity (Wildman–Crippen MR) is 133 cm³/mol. The normalized spacial score (nSPS) is 20.6. The third-order valence-corrected chi connectivity index (χ3v) is 7.33. The molecule has 1 aliphatic heterocycles. The van der Waals surface area contributed by atoms with Crippen LogP contribution >= 0.6 is 0 Å². The van der Waals surface area contributed by atoms with Gasteiger partial charge in [0.2, 0.25) is 0 Å². The smallest absolute Gasteiger partial charge is 0.254 e. The van der Waals surface area contributed by atoms with Gasteiger partial charge in [0, 0.05) is 49.9 Å². The number of aliphatic hydroxyl groups excluding tert-OH is 1. The molecule has 3 aromatic heterocycles. The van der Waals surface area contributed by atoms with E-state index in [0.717, 1.165) is 34.6 Å². The van der Waals surface area contributed by atoms with Crippen molar-refractivity contribution in [3.05, 3.63) is 42.1 Å². The maximum absolute atomic E-state index is 13.3. The largest absolute Gasteiger partial charge is 0.494 e. The number of hydrogen-bond acceptors (Lipinski definition) is 6. The van der Waals surface area contributed by atoms with E-state index in [2.05, 4.69) is 21.7 Å². The van der Waals surface area contributed by atoms with Crippen LogP contribution in [0.3, 0.4) is 0 Å². The molecular formula is C26H30N6O3. The van der Waals surface area contributed by atoms with Gasteiger partial charge in [0.05, 0.1) is 24.4 Å². The molecule has 1 aliphatic carbocycles. The van der Waals surface area contributed by atoms with Gasteiger partial charge in [-0.1, -0.05) is 0 Å². The highest BCUT2D eigenvalue weighted by Gasteiger charge is 2.30. The number of amides is 1. The lowest BCUT2D eigenvalue weighted by atomic mass is 10.0. The van der Waals surface area contributed by atoms with Crippen LogP contribution in [0.5, 0.6) is 5.75 Å². The zero-order chi connectivity index (χ0) is 24.3. The van der Waals surface area contributed by atoms with Crippen molar-refractivity contribution >= 4 is 28.0 Å². The summed E-state index contributed by atoms with van der Waals surface area (Å²) in [6, 6.07) is 9.33. The van der Waals surface area contributed by atoms with Crippen molar-refractivity contribution in [2.45, 2.75) is 38.0 Å². The van der Waals surface area contributed by atoms with Gasteiger partial charge in [-0.25, -0.2) is 9.97 Å². The number of pyridine rings is 1. The SMILES string of the molecule is COc1cc(C(=O)N2CCC(O)C(N)C2)cc2nc(-c3cc4cccnc4n3CC3CC3)n(C)c12. The quantitative estimate of drug-likeness (QED) is 0.460. The molecule has 3 N–H and O–H groups in total. The van der Waals surface area contributed by atoms with E-state index in [1.54, 1.807) is 18.1 Å². The van der Waals surface area contributed by atoms with Crippen molar-refractivity contribution in [1.82, 2.24) is 24.0 Å². The second-order valence-electron chi connectivity index (χ2n) is 9.81. The van der Waals surface area contributed by atoms with E-state index in [-0.39, 0.29) is 5.91 Å². The number of ether oxygens (including phenoxy) is 1. The third-order valence-electron chi connectivity index (χ3n) is 7.33. The molecule has 182 valence electrons. The second-order valence-corrected chi connectivity index (χ2v) is 9.81. The van der Waals surface area contributed by atoms with Gasteiger partial charge in [-0.15, -0.1) is 0 Å². The molecule has 1 amide bonds. The van der Waals surface area contributed by atoms with Gasteiger partial charge in [0.15, 0.2) is 5.82 Å². The number of rotatable bonds is 5. The Labute approximate surface area is 203 Å². The van der Waals surface area contributed by atoms with Gasteiger partial charge < -0.3 is 29.6 Å². The molecule has 2 unspecified atom stereocenters. The fraction of sp³-hybridized carbons (Fsp3) is 0.423. The maximum atomic E-state index is 13.3. The number of aryl methyl sites for hydroxylation is 1. The van der Waals surface area contributed by atoms with Gasteiger partial charge in [-0.05, 0) is 55.5 Å². The van der Waals surface area contributed by atoms with Crippen LogP contribution < -0.4 is 10.5 Å². The van der Waals surface area contributed by atoms with E-state index < -0.39 is 12.1 Å². The van der Waals surface area contributed by atoms with Gasteiger partial charge in [0.1, 0.15) is 16.9 Å². The molecule has 35 heavy (non-hydrogen) atoms. The number of imidazole rings is 1. The van der Waals surface area contributed by atoms with E-state index in [9.17, 15) is 9.90 Å². The lowest BCUT2D eigenvalue weighted by molar-refractivity contribution is 0.0459. The Balaban J connectivity index is 1.45. The summed E-state index contributed by atoms with van der Waals surface area (Å²) in [5.41, 5.74) is 10.0. The minimum absolute atomic E-state index is 0.133. The van der Waals surface area contributed by atoms with E-state index in [1.807, 2.05) is 29.9 Å². The number of fused-ring (bicyclic) bond motifs is 2. The Morgan fingerprint density at radius 3 is 2.83 bits per heavy atom. The highest BCUT2D eigenvalue weighted by molar-refractivity contribution is 6.00. The number of likely N-dealkylation sites (tertiary alicyclic amines) is 1. The molecule has 9 heteroatoms. The molecule has 0 radical (unpaired) electrons. The Morgan fingerprint density at radius 1 is 1.26 bits per heavy atom. The minimum atomic E-state index is -0.578. The molecule has 4 aromatic rings. The van der Waals surface area contributed by atoms with Crippen LogP contribution in [0.4, 0.5) is 0 Å². The summed E-state index contributed by atoms with van der Waals surface area (Å²) in [5, 5.41) is 11.0. The molecule has 2 fully saturated rings. The number of hydrogen-bond donors (Lipinski definition) is 2. The lowest BCUT2D eigenvalue weighted by Gasteiger charge is -2.34. The van der Waals surface area contributed by atoms with Gasteiger partial charge in [0.25, 0.3) is 5.91 Å². The van der Waals surface area contributed by atoms with E-state index in [4.69, 9.17) is 15.5 Å². The number of carbonyl (C=O) groups is 1. The molecular weight excluding hydrogens is 444 g/mol. The molecule has 1 saturated carbocycles. The van der Waals surface area contributed by atoms with Crippen LogP contribution in [-0.4, -0.2) is 67.4 Å². The molecule has 2 atom stereocenters. The molecule has 1 aromatic carbocycles. The minimum Gasteiger partial charge on any atom is -0.494 e.